The van der Waals surface area contributed by atoms with Crippen molar-refractivity contribution in [2.45, 2.75) is 6.92 Å². The Bertz CT molecular complexity index is 284. The van der Waals surface area contributed by atoms with Crippen LogP contribution in [0.2, 0.25) is 0 Å². The molecule has 0 radical (unpaired) electrons. The predicted octanol–water partition coefficient (Wildman–Crippen LogP) is 1.94. The third-order valence-corrected chi connectivity index (χ3v) is 1.77. The predicted molar refractivity (Wildman–Crippen MR) is 50.1 cm³/mol. The molecule has 0 aliphatic carbocycles. The summed E-state index contributed by atoms with van der Waals surface area (Å²) < 4.78 is 30.5. The highest BCUT2D eigenvalue weighted by atomic mass is 19.1. The maximum Gasteiger partial charge on any atom is 0.129 e. The second kappa shape index (κ2) is 4.91. The van der Waals surface area contributed by atoms with E-state index in [1.165, 1.54) is 0 Å². The Morgan fingerprint density at radius 1 is 1.29 bits per heavy atom. The van der Waals surface area contributed by atoms with E-state index in [4.69, 9.17) is 10.5 Å². The molecule has 1 rings (SSSR count). The summed E-state index contributed by atoms with van der Waals surface area (Å²) in [4.78, 5) is 0. The molecule has 0 amide bonds. The van der Waals surface area contributed by atoms with Crippen LogP contribution in [0.1, 0.15) is 6.92 Å². The van der Waals surface area contributed by atoms with Crippen molar-refractivity contribution in [2.24, 2.45) is 11.7 Å². The topological polar surface area (TPSA) is 35.2 Å². The number of hydrogen-bond donors (Lipinski definition) is 1. The summed E-state index contributed by atoms with van der Waals surface area (Å²) in [6, 6.07) is 3.10. The molecule has 1 unspecified atom stereocenters. The van der Waals surface area contributed by atoms with E-state index in [1.807, 2.05) is 6.92 Å². The smallest absolute Gasteiger partial charge is 0.129 e. The molecule has 2 nitrogen and oxygen atoms in total. The lowest BCUT2D eigenvalue weighted by Crippen LogP contribution is -2.18. The zero-order valence-corrected chi connectivity index (χ0v) is 7.97. The van der Waals surface area contributed by atoms with E-state index in [-0.39, 0.29) is 11.7 Å². The largest absolute Gasteiger partial charge is 0.493 e. The highest BCUT2D eigenvalue weighted by molar-refractivity contribution is 5.23. The maximum atomic E-state index is 12.7. The van der Waals surface area contributed by atoms with Gasteiger partial charge in [0.25, 0.3) is 0 Å². The van der Waals surface area contributed by atoms with Gasteiger partial charge in [-0.15, -0.1) is 0 Å². The van der Waals surface area contributed by atoms with Gasteiger partial charge in [-0.05, 0) is 6.54 Å². The van der Waals surface area contributed by atoms with Gasteiger partial charge >= 0.3 is 0 Å². The number of benzene rings is 1. The molecule has 0 aromatic heterocycles. The van der Waals surface area contributed by atoms with E-state index in [2.05, 4.69) is 0 Å². The van der Waals surface area contributed by atoms with Crippen molar-refractivity contribution >= 4 is 0 Å². The van der Waals surface area contributed by atoms with Gasteiger partial charge in [0, 0.05) is 24.1 Å². The molecule has 0 aliphatic rings. The summed E-state index contributed by atoms with van der Waals surface area (Å²) in [5.74, 6) is -0.912. The number of halogens is 2. The van der Waals surface area contributed by atoms with Crippen LogP contribution in [0.3, 0.4) is 0 Å². The van der Waals surface area contributed by atoms with E-state index in [0.717, 1.165) is 18.2 Å². The molecule has 0 bridgehead atoms. The molecule has 0 fully saturated rings. The molecule has 78 valence electrons. The van der Waals surface area contributed by atoms with Crippen LogP contribution in [0.15, 0.2) is 18.2 Å². The summed E-state index contributed by atoms with van der Waals surface area (Å²) in [5.41, 5.74) is 5.37. The molecular weight excluding hydrogens is 188 g/mol. The summed E-state index contributed by atoms with van der Waals surface area (Å²) >= 11 is 0. The number of rotatable bonds is 4. The van der Waals surface area contributed by atoms with Crippen LogP contribution in [0.4, 0.5) is 8.78 Å². The van der Waals surface area contributed by atoms with Gasteiger partial charge in [0.1, 0.15) is 17.4 Å². The van der Waals surface area contributed by atoms with Crippen LogP contribution in [0.5, 0.6) is 5.75 Å². The monoisotopic (exact) mass is 201 g/mol. The molecule has 1 atom stereocenters. The second-order valence-electron chi connectivity index (χ2n) is 3.26. The van der Waals surface area contributed by atoms with Crippen molar-refractivity contribution in [3.05, 3.63) is 29.8 Å². The van der Waals surface area contributed by atoms with Crippen LogP contribution in [0, 0.1) is 17.6 Å². The zero-order chi connectivity index (χ0) is 10.6. The lowest BCUT2D eigenvalue weighted by atomic mass is 10.2. The minimum Gasteiger partial charge on any atom is -0.493 e. The third-order valence-electron chi connectivity index (χ3n) is 1.77. The maximum absolute atomic E-state index is 12.7. The molecular formula is C10H13F2NO. The van der Waals surface area contributed by atoms with Gasteiger partial charge < -0.3 is 10.5 Å². The Morgan fingerprint density at radius 3 is 2.36 bits per heavy atom. The minimum atomic E-state index is -0.639. The Balaban J connectivity index is 2.58. The van der Waals surface area contributed by atoms with Crippen molar-refractivity contribution in [2.75, 3.05) is 13.2 Å². The lowest BCUT2D eigenvalue weighted by molar-refractivity contribution is 0.261. The van der Waals surface area contributed by atoms with Gasteiger partial charge in [0.15, 0.2) is 0 Å². The van der Waals surface area contributed by atoms with Gasteiger partial charge in [-0.2, -0.15) is 0 Å². The highest BCUT2D eigenvalue weighted by Gasteiger charge is 2.03. The quantitative estimate of drug-likeness (QED) is 0.807. The molecule has 0 saturated heterocycles. The van der Waals surface area contributed by atoms with Gasteiger partial charge in [0.2, 0.25) is 0 Å². The first kappa shape index (κ1) is 10.9. The Labute approximate surface area is 81.7 Å². The van der Waals surface area contributed by atoms with Crippen LogP contribution >= 0.6 is 0 Å². The summed E-state index contributed by atoms with van der Waals surface area (Å²) in [6.45, 7) is 2.74. The first-order valence-electron chi connectivity index (χ1n) is 4.40. The van der Waals surface area contributed by atoms with E-state index >= 15 is 0 Å². The molecule has 4 heteroatoms. The highest BCUT2D eigenvalue weighted by Crippen LogP contribution is 2.15. The average molecular weight is 201 g/mol. The molecule has 0 saturated carbocycles. The van der Waals surface area contributed by atoms with Crippen LogP contribution in [-0.2, 0) is 0 Å². The lowest BCUT2D eigenvalue weighted by Gasteiger charge is -2.10. The van der Waals surface area contributed by atoms with Crippen molar-refractivity contribution in [3.8, 4) is 5.75 Å². The molecule has 14 heavy (non-hydrogen) atoms. The van der Waals surface area contributed by atoms with Crippen molar-refractivity contribution in [3.63, 3.8) is 0 Å². The number of nitrogens with two attached hydrogens (primary N) is 1. The number of hydrogen-bond acceptors (Lipinski definition) is 2. The average Bonchev–Trinajstić information content (AvgIpc) is 2.12. The minimum absolute atomic E-state index is 0.168. The first-order chi connectivity index (χ1) is 6.61. The van der Waals surface area contributed by atoms with Gasteiger partial charge in [0.05, 0.1) is 6.61 Å². The van der Waals surface area contributed by atoms with Gasteiger partial charge in [-0.1, -0.05) is 6.92 Å². The molecule has 2 N–H and O–H groups in total. The fraction of sp³-hybridized carbons (Fsp3) is 0.400. The van der Waals surface area contributed by atoms with E-state index < -0.39 is 11.6 Å². The van der Waals surface area contributed by atoms with Gasteiger partial charge in [-0.3, -0.25) is 0 Å². The van der Waals surface area contributed by atoms with E-state index in [1.54, 1.807) is 0 Å². The summed E-state index contributed by atoms with van der Waals surface area (Å²) in [7, 11) is 0. The van der Waals surface area contributed by atoms with Crippen molar-refractivity contribution < 1.29 is 13.5 Å². The SMILES string of the molecule is CC(CN)COc1cc(F)cc(F)c1. The van der Waals surface area contributed by atoms with Crippen LogP contribution < -0.4 is 10.5 Å². The Morgan fingerprint density at radius 2 is 1.86 bits per heavy atom. The summed E-state index contributed by atoms with van der Waals surface area (Å²) in [6.07, 6.45) is 0. The van der Waals surface area contributed by atoms with E-state index in [9.17, 15) is 8.78 Å². The van der Waals surface area contributed by atoms with Crippen molar-refractivity contribution in [1.82, 2.24) is 0 Å². The zero-order valence-electron chi connectivity index (χ0n) is 7.97. The van der Waals surface area contributed by atoms with Crippen molar-refractivity contribution in [1.29, 1.82) is 0 Å². The molecule has 0 spiro atoms. The Hall–Kier alpha value is -1.16. The van der Waals surface area contributed by atoms with Gasteiger partial charge in [-0.25, -0.2) is 8.78 Å². The Kier molecular flexibility index (Phi) is 3.83. The fourth-order valence-electron chi connectivity index (χ4n) is 0.918. The normalized spacial score (nSPS) is 12.6. The second-order valence-corrected chi connectivity index (χ2v) is 3.26. The summed E-state index contributed by atoms with van der Waals surface area (Å²) in [5, 5.41) is 0. The molecule has 1 aromatic carbocycles. The molecule has 1 aromatic rings. The standard InChI is InChI=1S/C10H13F2NO/c1-7(5-13)6-14-10-3-8(11)2-9(12)4-10/h2-4,7H,5-6,13H2,1H3. The molecule has 0 aliphatic heterocycles. The number of ether oxygens (including phenoxy) is 1. The fourth-order valence-corrected chi connectivity index (χ4v) is 0.918. The third kappa shape index (κ3) is 3.30. The molecule has 0 heterocycles. The van der Waals surface area contributed by atoms with Crippen LogP contribution in [-0.4, -0.2) is 13.2 Å². The van der Waals surface area contributed by atoms with E-state index in [0.29, 0.717) is 13.2 Å². The van der Waals surface area contributed by atoms with Crippen LogP contribution in [0.25, 0.3) is 0 Å². The first-order valence-corrected chi connectivity index (χ1v) is 4.40.